The van der Waals surface area contributed by atoms with Crippen molar-refractivity contribution < 1.29 is 4.79 Å². The molecule has 2 aromatic heterocycles. The monoisotopic (exact) mass is 362 g/mol. The van der Waals surface area contributed by atoms with E-state index < -0.39 is 0 Å². The van der Waals surface area contributed by atoms with Crippen LogP contribution in [-0.2, 0) is 7.05 Å². The predicted molar refractivity (Wildman–Crippen MR) is 108 cm³/mol. The van der Waals surface area contributed by atoms with E-state index >= 15 is 0 Å². The Hall–Kier alpha value is -2.66. The third-order valence-corrected chi connectivity index (χ3v) is 5.80. The quantitative estimate of drug-likeness (QED) is 0.777. The van der Waals surface area contributed by atoms with E-state index in [0.717, 1.165) is 41.8 Å². The summed E-state index contributed by atoms with van der Waals surface area (Å²) in [4.78, 5) is 20.1. The molecule has 0 aliphatic carbocycles. The molecule has 27 heavy (non-hydrogen) atoms. The van der Waals surface area contributed by atoms with E-state index in [-0.39, 0.29) is 5.91 Å². The molecule has 3 aromatic rings. The molecule has 1 amide bonds. The molecule has 2 atom stereocenters. The molecule has 0 saturated carbocycles. The molecule has 5 heteroatoms. The first kappa shape index (κ1) is 17.7. The fraction of sp³-hybridized carbons (Fsp3) is 0.364. The molecule has 4 rings (SSSR count). The number of piperidine rings is 1. The van der Waals surface area contributed by atoms with Crippen LogP contribution in [0.3, 0.4) is 0 Å². The molecule has 2 unspecified atom stereocenters. The van der Waals surface area contributed by atoms with Crippen LogP contribution in [0.1, 0.15) is 23.7 Å². The maximum absolute atomic E-state index is 13.3. The molecule has 0 radical (unpaired) electrons. The van der Waals surface area contributed by atoms with Gasteiger partial charge in [-0.15, -0.1) is 0 Å². The van der Waals surface area contributed by atoms with Crippen molar-refractivity contribution in [2.45, 2.75) is 13.3 Å². The van der Waals surface area contributed by atoms with Crippen LogP contribution in [0.15, 0.2) is 48.7 Å². The minimum atomic E-state index is 0.0700. The van der Waals surface area contributed by atoms with Gasteiger partial charge < -0.3 is 15.2 Å². The third-order valence-electron chi connectivity index (χ3n) is 5.80. The summed E-state index contributed by atoms with van der Waals surface area (Å²) in [7, 11) is 1.96. The Morgan fingerprint density at radius 1 is 1.22 bits per heavy atom. The average molecular weight is 362 g/mol. The van der Waals surface area contributed by atoms with Crippen molar-refractivity contribution in [3.63, 3.8) is 0 Å². The van der Waals surface area contributed by atoms with Gasteiger partial charge in [-0.2, -0.15) is 0 Å². The fourth-order valence-electron chi connectivity index (χ4n) is 4.08. The Balaban J connectivity index is 1.70. The van der Waals surface area contributed by atoms with Gasteiger partial charge in [-0.3, -0.25) is 4.79 Å². The van der Waals surface area contributed by atoms with E-state index in [2.05, 4.69) is 6.92 Å². The second kappa shape index (κ2) is 7.16. The highest BCUT2D eigenvalue weighted by Crippen LogP contribution is 2.28. The van der Waals surface area contributed by atoms with Crippen molar-refractivity contribution in [2.24, 2.45) is 24.6 Å². The second-order valence-corrected chi connectivity index (χ2v) is 7.60. The standard InChI is InChI=1S/C22H26N4O/c1-15-13-26(11-10-17(15)12-23)22(27)18-14-25(2)20-9-8-19(24-21(18)20)16-6-4-3-5-7-16/h3-9,14-15,17H,10-13,23H2,1-2H3. The molecule has 1 saturated heterocycles. The Morgan fingerprint density at radius 3 is 2.70 bits per heavy atom. The van der Waals surface area contributed by atoms with Crippen molar-refractivity contribution in [1.29, 1.82) is 0 Å². The summed E-state index contributed by atoms with van der Waals surface area (Å²) < 4.78 is 1.99. The molecule has 1 aliphatic rings. The number of amides is 1. The van der Waals surface area contributed by atoms with E-state index in [1.807, 2.05) is 65.2 Å². The minimum absolute atomic E-state index is 0.0700. The Morgan fingerprint density at radius 2 is 2.00 bits per heavy atom. The summed E-state index contributed by atoms with van der Waals surface area (Å²) in [6.45, 7) is 4.40. The molecular weight excluding hydrogens is 336 g/mol. The van der Waals surface area contributed by atoms with Crippen molar-refractivity contribution in [3.05, 3.63) is 54.2 Å². The zero-order chi connectivity index (χ0) is 19.0. The number of aryl methyl sites for hydroxylation is 1. The lowest BCUT2D eigenvalue weighted by Gasteiger charge is -2.36. The van der Waals surface area contributed by atoms with E-state index in [9.17, 15) is 4.79 Å². The number of carbonyl (C=O) groups is 1. The number of nitrogens with zero attached hydrogens (tertiary/aromatic N) is 3. The van der Waals surface area contributed by atoms with Gasteiger partial charge in [0.2, 0.25) is 0 Å². The molecule has 0 bridgehead atoms. The van der Waals surface area contributed by atoms with Crippen LogP contribution in [0.25, 0.3) is 22.3 Å². The van der Waals surface area contributed by atoms with Gasteiger partial charge in [0.1, 0.15) is 5.52 Å². The number of hydrogen-bond acceptors (Lipinski definition) is 3. The van der Waals surface area contributed by atoms with E-state index in [1.54, 1.807) is 0 Å². The lowest BCUT2D eigenvalue weighted by molar-refractivity contribution is 0.0621. The van der Waals surface area contributed by atoms with Crippen molar-refractivity contribution in [3.8, 4) is 11.3 Å². The molecule has 1 fully saturated rings. The summed E-state index contributed by atoms with van der Waals surface area (Å²) in [6.07, 6.45) is 2.88. The maximum atomic E-state index is 13.3. The van der Waals surface area contributed by atoms with Gasteiger partial charge in [0.15, 0.2) is 0 Å². The molecule has 2 N–H and O–H groups in total. The number of pyridine rings is 1. The van der Waals surface area contributed by atoms with Crippen LogP contribution in [0, 0.1) is 11.8 Å². The highest BCUT2D eigenvalue weighted by Gasteiger charge is 2.30. The highest BCUT2D eigenvalue weighted by atomic mass is 16.2. The second-order valence-electron chi connectivity index (χ2n) is 7.60. The van der Waals surface area contributed by atoms with Gasteiger partial charge in [0.25, 0.3) is 5.91 Å². The average Bonchev–Trinajstić information content (AvgIpc) is 3.04. The van der Waals surface area contributed by atoms with Crippen molar-refractivity contribution in [1.82, 2.24) is 14.5 Å². The van der Waals surface area contributed by atoms with Crippen LogP contribution in [0.2, 0.25) is 0 Å². The highest BCUT2D eigenvalue weighted by molar-refractivity contribution is 6.05. The first-order chi connectivity index (χ1) is 13.1. The number of likely N-dealkylation sites (tertiary alicyclic amines) is 1. The first-order valence-corrected chi connectivity index (χ1v) is 9.59. The predicted octanol–water partition coefficient (Wildman–Crippen LogP) is 3.30. The van der Waals surface area contributed by atoms with Gasteiger partial charge in [0, 0.05) is 31.9 Å². The molecule has 3 heterocycles. The van der Waals surface area contributed by atoms with Gasteiger partial charge in [-0.25, -0.2) is 4.98 Å². The summed E-state index contributed by atoms with van der Waals surface area (Å²) in [5.41, 5.74) is 10.2. The number of carbonyl (C=O) groups excluding carboxylic acids is 1. The van der Waals surface area contributed by atoms with Crippen LogP contribution in [0.5, 0.6) is 0 Å². The molecule has 1 aromatic carbocycles. The molecule has 5 nitrogen and oxygen atoms in total. The van der Waals surface area contributed by atoms with Crippen molar-refractivity contribution in [2.75, 3.05) is 19.6 Å². The van der Waals surface area contributed by atoms with E-state index in [1.165, 1.54) is 0 Å². The SMILES string of the molecule is CC1CN(C(=O)c2cn(C)c3ccc(-c4ccccc4)nc23)CCC1CN. The molecule has 0 spiro atoms. The smallest absolute Gasteiger partial charge is 0.257 e. The topological polar surface area (TPSA) is 64.2 Å². The number of fused-ring (bicyclic) bond motifs is 1. The molecule has 140 valence electrons. The largest absolute Gasteiger partial charge is 0.348 e. The van der Waals surface area contributed by atoms with E-state index in [0.29, 0.717) is 23.9 Å². The van der Waals surface area contributed by atoms with Gasteiger partial charge in [-0.1, -0.05) is 37.3 Å². The fourth-order valence-corrected chi connectivity index (χ4v) is 4.08. The Bertz CT molecular complexity index is 963. The summed E-state index contributed by atoms with van der Waals surface area (Å²) >= 11 is 0. The number of hydrogen-bond donors (Lipinski definition) is 1. The molecule has 1 aliphatic heterocycles. The third kappa shape index (κ3) is 3.23. The summed E-state index contributed by atoms with van der Waals surface area (Å²) in [5, 5.41) is 0. The van der Waals surface area contributed by atoms with Gasteiger partial charge in [0.05, 0.1) is 16.8 Å². The normalized spacial score (nSPS) is 20.2. The zero-order valence-corrected chi connectivity index (χ0v) is 15.9. The zero-order valence-electron chi connectivity index (χ0n) is 15.9. The number of nitrogens with two attached hydrogens (primary N) is 1. The Kier molecular flexibility index (Phi) is 4.70. The minimum Gasteiger partial charge on any atom is -0.348 e. The van der Waals surface area contributed by atoms with Crippen LogP contribution < -0.4 is 5.73 Å². The summed E-state index contributed by atoms with van der Waals surface area (Å²) in [6, 6.07) is 14.1. The van der Waals surface area contributed by atoms with E-state index in [4.69, 9.17) is 10.7 Å². The lowest BCUT2D eigenvalue weighted by atomic mass is 9.87. The number of aromatic nitrogens is 2. The van der Waals surface area contributed by atoms with Crippen LogP contribution in [0.4, 0.5) is 0 Å². The van der Waals surface area contributed by atoms with Crippen molar-refractivity contribution >= 4 is 16.9 Å². The number of rotatable bonds is 3. The number of benzene rings is 1. The van der Waals surface area contributed by atoms with Gasteiger partial charge >= 0.3 is 0 Å². The maximum Gasteiger partial charge on any atom is 0.257 e. The first-order valence-electron chi connectivity index (χ1n) is 9.59. The lowest BCUT2D eigenvalue weighted by Crippen LogP contribution is -2.44. The Labute approximate surface area is 159 Å². The van der Waals surface area contributed by atoms with Gasteiger partial charge in [-0.05, 0) is 36.9 Å². The molecular formula is C22H26N4O. The van der Waals surface area contributed by atoms with Crippen LogP contribution >= 0.6 is 0 Å². The van der Waals surface area contributed by atoms with Crippen LogP contribution in [-0.4, -0.2) is 40.0 Å². The summed E-state index contributed by atoms with van der Waals surface area (Å²) in [5.74, 6) is 1.00.